The molecule has 0 radical (unpaired) electrons. The van der Waals surface area contributed by atoms with Gasteiger partial charge in [-0.25, -0.2) is 0 Å². The normalized spacial score (nSPS) is 24.9. The molecule has 4 nitrogen and oxygen atoms in total. The van der Waals surface area contributed by atoms with Crippen molar-refractivity contribution in [1.82, 2.24) is 0 Å². The van der Waals surface area contributed by atoms with E-state index in [4.69, 9.17) is 21.1 Å². The Bertz CT molecular complexity index is 726. The molecule has 1 aliphatic carbocycles. The fraction of sp³-hybridized carbons (Fsp3) is 0.625. The molecule has 0 aromatic heterocycles. The first-order valence-corrected chi connectivity index (χ1v) is 14.1. The van der Waals surface area contributed by atoms with Gasteiger partial charge in [0.15, 0.2) is 9.04 Å². The van der Waals surface area contributed by atoms with Gasteiger partial charge in [0.1, 0.15) is 0 Å². The van der Waals surface area contributed by atoms with Crippen molar-refractivity contribution >= 4 is 26.6 Å². The van der Waals surface area contributed by atoms with E-state index in [-0.39, 0.29) is 29.8 Å². The Morgan fingerprint density at radius 1 is 1.33 bits per heavy atom. The molecule has 2 N–H and O–H groups in total. The van der Waals surface area contributed by atoms with Crippen molar-refractivity contribution in [2.45, 2.75) is 77.7 Å². The minimum atomic E-state index is -1.31. The molecule has 0 aliphatic heterocycles. The van der Waals surface area contributed by atoms with Crippen molar-refractivity contribution in [2.75, 3.05) is 0 Å². The molecule has 1 saturated carbocycles. The molecule has 0 amide bonds. The summed E-state index contributed by atoms with van der Waals surface area (Å²) in [7, 11) is -1.31. The molecule has 0 saturated heterocycles. The minimum absolute atomic E-state index is 0.0316. The number of aliphatic hydroxyl groups is 1. The molecule has 0 heterocycles. The molecule has 1 fully saturated rings. The number of carboxylic acids is 1. The lowest BCUT2D eigenvalue weighted by Gasteiger charge is -2.38. The number of halogens is 1. The Morgan fingerprint density at radius 2 is 1.97 bits per heavy atom. The van der Waals surface area contributed by atoms with Crippen LogP contribution in [-0.4, -0.2) is 30.8 Å². The highest BCUT2D eigenvalue weighted by atomic mass is 35.5. The maximum atomic E-state index is 11.1. The number of rotatable bonds is 8. The second-order valence-electron chi connectivity index (χ2n) is 10.1. The summed E-state index contributed by atoms with van der Waals surface area (Å²) in [6, 6.07) is 7.91. The number of carboxylic acid groups (broad SMARTS) is 1. The number of carbonyl (C=O) groups is 1. The number of allylic oxidation sites excluding steroid dienone is 1. The molecule has 4 atom stereocenters. The van der Waals surface area contributed by atoms with E-state index in [0.29, 0.717) is 17.9 Å². The molecule has 0 bridgehead atoms. The fourth-order valence-corrected chi connectivity index (χ4v) is 5.47. The van der Waals surface area contributed by atoms with Crippen molar-refractivity contribution < 1.29 is 19.4 Å². The highest BCUT2D eigenvalue weighted by Gasteiger charge is 2.37. The van der Waals surface area contributed by atoms with Crippen LogP contribution in [0.15, 0.2) is 36.4 Å². The lowest BCUT2D eigenvalue weighted by molar-refractivity contribution is -0.144. The van der Waals surface area contributed by atoms with Crippen LogP contribution in [0.3, 0.4) is 0 Å². The zero-order chi connectivity index (χ0) is 22.5. The number of hydrogen-bond acceptors (Lipinski definition) is 3. The van der Waals surface area contributed by atoms with Crippen LogP contribution >= 0.6 is 11.6 Å². The summed E-state index contributed by atoms with van der Waals surface area (Å²) in [6.07, 6.45) is 7.06. The highest BCUT2D eigenvalue weighted by Crippen LogP contribution is 2.42. The first kappa shape index (κ1) is 25.1. The lowest BCUT2D eigenvalue weighted by Crippen LogP contribution is -2.37. The van der Waals surface area contributed by atoms with Gasteiger partial charge in [0.05, 0.1) is 18.1 Å². The van der Waals surface area contributed by atoms with Crippen LogP contribution in [-0.2, 0) is 9.22 Å². The van der Waals surface area contributed by atoms with Gasteiger partial charge in [0.2, 0.25) is 0 Å². The topological polar surface area (TPSA) is 66.8 Å². The van der Waals surface area contributed by atoms with E-state index >= 15 is 0 Å². The molecule has 2 rings (SSSR count). The molecule has 168 valence electrons. The van der Waals surface area contributed by atoms with Gasteiger partial charge >= 0.3 is 5.97 Å². The predicted octanol–water partition coefficient (Wildman–Crippen LogP) is 6.00. The van der Waals surface area contributed by atoms with Crippen molar-refractivity contribution in [2.24, 2.45) is 17.3 Å². The third-order valence-corrected chi connectivity index (χ3v) is 6.96. The molecule has 1 aromatic carbocycles. The van der Waals surface area contributed by atoms with Crippen LogP contribution in [0.25, 0.3) is 0 Å². The first-order valence-electron chi connectivity index (χ1n) is 10.9. The van der Waals surface area contributed by atoms with Crippen LogP contribution in [0.5, 0.6) is 0 Å². The zero-order valence-corrected chi connectivity index (χ0v) is 20.8. The highest BCUT2D eigenvalue weighted by molar-refractivity contribution is 6.48. The summed E-state index contributed by atoms with van der Waals surface area (Å²) in [5.41, 5.74) is -0.0141. The van der Waals surface area contributed by atoms with Gasteiger partial charge in [-0.1, -0.05) is 56.7 Å². The average molecular weight is 453 g/mol. The van der Waals surface area contributed by atoms with E-state index in [1.807, 2.05) is 24.3 Å². The van der Waals surface area contributed by atoms with Crippen LogP contribution in [0.4, 0.5) is 0 Å². The van der Waals surface area contributed by atoms with Crippen LogP contribution in [0.2, 0.25) is 18.1 Å². The number of hydrogen-bond donors (Lipinski definition) is 2. The molecule has 30 heavy (non-hydrogen) atoms. The minimum Gasteiger partial charge on any atom is -0.481 e. The number of aliphatic carboxylic acids is 1. The zero-order valence-electron chi connectivity index (χ0n) is 18.9. The first-order chi connectivity index (χ1) is 13.9. The van der Waals surface area contributed by atoms with Gasteiger partial charge < -0.3 is 14.6 Å². The van der Waals surface area contributed by atoms with E-state index < -0.39 is 20.6 Å². The summed E-state index contributed by atoms with van der Waals surface area (Å²) in [5, 5.41) is 20.6. The van der Waals surface area contributed by atoms with Gasteiger partial charge in [-0.15, -0.1) is 0 Å². The molecular weight excluding hydrogens is 416 g/mol. The second kappa shape index (κ2) is 10.4. The smallest absolute Gasteiger partial charge is 0.306 e. The van der Waals surface area contributed by atoms with Crippen LogP contribution < -0.4 is 0 Å². The lowest BCUT2D eigenvalue weighted by atomic mass is 9.73. The van der Waals surface area contributed by atoms with Gasteiger partial charge in [-0.05, 0) is 67.8 Å². The Labute approximate surface area is 188 Å². The Balaban J connectivity index is 2.28. The van der Waals surface area contributed by atoms with Gasteiger partial charge in [-0.3, -0.25) is 4.79 Å². The van der Waals surface area contributed by atoms with E-state index in [0.717, 1.165) is 18.4 Å². The van der Waals surface area contributed by atoms with E-state index in [1.165, 1.54) is 0 Å². The summed E-state index contributed by atoms with van der Waals surface area (Å²) < 4.78 is 6.52. The summed E-state index contributed by atoms with van der Waals surface area (Å²) in [4.78, 5) is 11.1. The van der Waals surface area contributed by atoms with Gasteiger partial charge in [0, 0.05) is 10.9 Å². The molecule has 0 spiro atoms. The third kappa shape index (κ3) is 7.52. The van der Waals surface area contributed by atoms with Crippen LogP contribution in [0, 0.1) is 17.3 Å². The summed E-state index contributed by atoms with van der Waals surface area (Å²) in [5.74, 6) is -0.619. The third-order valence-electron chi connectivity index (χ3n) is 5.87. The van der Waals surface area contributed by atoms with Crippen molar-refractivity contribution in [3.8, 4) is 0 Å². The van der Waals surface area contributed by atoms with Crippen LogP contribution in [0.1, 0.15) is 64.5 Å². The second-order valence-corrected chi connectivity index (χ2v) is 12.9. The quantitative estimate of drug-likeness (QED) is 0.375. The van der Waals surface area contributed by atoms with E-state index in [1.54, 1.807) is 0 Å². The maximum Gasteiger partial charge on any atom is 0.306 e. The van der Waals surface area contributed by atoms with Gasteiger partial charge in [0.25, 0.3) is 0 Å². The molecule has 6 heteroatoms. The summed E-state index contributed by atoms with van der Waals surface area (Å²) >= 11 is 6.11. The Morgan fingerprint density at radius 3 is 2.50 bits per heavy atom. The predicted molar refractivity (Wildman–Crippen MR) is 125 cm³/mol. The summed E-state index contributed by atoms with van der Waals surface area (Å²) in [6.45, 7) is 11.0. The van der Waals surface area contributed by atoms with Crippen molar-refractivity contribution in [3.63, 3.8) is 0 Å². The molecule has 4 unspecified atom stereocenters. The Kier molecular flexibility index (Phi) is 8.75. The number of benzene rings is 1. The largest absolute Gasteiger partial charge is 0.481 e. The van der Waals surface area contributed by atoms with Gasteiger partial charge in [-0.2, -0.15) is 0 Å². The molecule has 1 aliphatic rings. The van der Waals surface area contributed by atoms with Crippen molar-refractivity contribution in [3.05, 3.63) is 47.0 Å². The van der Waals surface area contributed by atoms with Crippen molar-refractivity contribution in [1.29, 1.82) is 0 Å². The standard InChI is InChI=1S/C24H37ClO4Si/c1-23(2,3)20(22(29-30(4)5)18-9-11-19(25)12-10-18)13-8-17-7-6-14-24(28,15-17)16-21(26)27/h8-13,17,20,22,28,30H,6-7,14-16H2,1-5H3,(H,26,27). The molecular formula is C24H37ClO4Si. The monoisotopic (exact) mass is 452 g/mol. The maximum absolute atomic E-state index is 11.1. The van der Waals surface area contributed by atoms with E-state index in [2.05, 4.69) is 46.0 Å². The SMILES string of the molecule is C[SiH](C)OC(c1ccc(Cl)cc1)C(C=CC1CCCC(O)(CC(=O)O)C1)C(C)(C)C. The van der Waals surface area contributed by atoms with E-state index in [9.17, 15) is 9.90 Å². The Hall–Kier alpha value is -1.14. The average Bonchev–Trinajstić information content (AvgIpc) is 2.59. The fourth-order valence-electron chi connectivity index (χ4n) is 4.43. The molecule has 1 aromatic rings.